The molecule has 5 nitrogen and oxygen atoms in total. The zero-order chi connectivity index (χ0) is 16.5. The summed E-state index contributed by atoms with van der Waals surface area (Å²) >= 11 is 0. The number of amides is 1. The quantitative estimate of drug-likeness (QED) is 0.751. The van der Waals surface area contributed by atoms with Crippen molar-refractivity contribution in [2.75, 3.05) is 6.61 Å². The van der Waals surface area contributed by atoms with Crippen molar-refractivity contribution in [3.05, 3.63) is 0 Å². The van der Waals surface area contributed by atoms with Crippen molar-refractivity contribution in [2.24, 2.45) is 0 Å². The van der Waals surface area contributed by atoms with Gasteiger partial charge in [-0.15, -0.1) is 12.3 Å². The third-order valence-electron chi connectivity index (χ3n) is 3.41. The fourth-order valence-corrected chi connectivity index (χ4v) is 2.43. The van der Waals surface area contributed by atoms with Crippen molar-refractivity contribution < 1.29 is 19.1 Å². The number of nitrogens with zero attached hydrogens (tertiary/aromatic N) is 1. The Balaban J connectivity index is 3.06. The lowest BCUT2D eigenvalue weighted by Crippen LogP contribution is -2.59. The number of hydrogen-bond acceptors (Lipinski definition) is 4. The topological polar surface area (TPSA) is 55.8 Å². The Bertz CT molecular complexity index is 470. The lowest BCUT2D eigenvalue weighted by atomic mass is 9.92. The van der Waals surface area contributed by atoms with Gasteiger partial charge in [0.15, 0.2) is 5.78 Å². The smallest absolute Gasteiger partial charge is 0.413 e. The highest BCUT2D eigenvalue weighted by Crippen LogP contribution is 2.37. The summed E-state index contributed by atoms with van der Waals surface area (Å²) in [7, 11) is 0. The number of hydrogen-bond donors (Lipinski definition) is 0. The Kier molecular flexibility index (Phi) is 4.74. The van der Waals surface area contributed by atoms with Crippen molar-refractivity contribution in [1.29, 1.82) is 0 Å². The molecule has 1 amide bonds. The van der Waals surface area contributed by atoms with E-state index < -0.39 is 23.0 Å². The Labute approximate surface area is 127 Å². The fraction of sp³-hybridized carbons (Fsp3) is 0.750. The number of carbonyl (C=O) groups is 2. The van der Waals surface area contributed by atoms with Gasteiger partial charge in [0.2, 0.25) is 0 Å². The Morgan fingerprint density at radius 2 is 1.90 bits per heavy atom. The number of Topliss-reactive ketones (excluding diaryl/α,β-unsaturated/α-hetero) is 1. The van der Waals surface area contributed by atoms with E-state index in [2.05, 4.69) is 5.92 Å². The summed E-state index contributed by atoms with van der Waals surface area (Å²) in [6, 6.07) is 0. The lowest BCUT2D eigenvalue weighted by Gasteiger charge is -2.39. The molecule has 0 aliphatic carbocycles. The summed E-state index contributed by atoms with van der Waals surface area (Å²) in [5, 5.41) is 0. The summed E-state index contributed by atoms with van der Waals surface area (Å²) in [6.07, 6.45) is 5.22. The largest absolute Gasteiger partial charge is 0.444 e. The molecule has 1 heterocycles. The average Bonchev–Trinajstić information content (AvgIpc) is 2.55. The van der Waals surface area contributed by atoms with Crippen molar-refractivity contribution in [2.45, 2.75) is 71.2 Å². The van der Waals surface area contributed by atoms with Gasteiger partial charge in [-0.1, -0.05) is 0 Å². The van der Waals surface area contributed by atoms with Crippen LogP contribution >= 0.6 is 0 Å². The maximum absolute atomic E-state index is 12.5. The molecule has 0 bridgehead atoms. The Morgan fingerprint density at radius 1 is 1.33 bits per heavy atom. The standard InChI is InChI=1S/C16H25NO4/c1-8-9-10-12(18)16(7)11-20-15(5,6)17(16)13(19)21-14(2,3)4/h1H,9-11H2,2-7H3. The minimum absolute atomic E-state index is 0.114. The van der Waals surface area contributed by atoms with Crippen LogP contribution in [0.2, 0.25) is 0 Å². The molecule has 0 aromatic rings. The van der Waals surface area contributed by atoms with Crippen LogP contribution in [0, 0.1) is 12.3 Å². The average molecular weight is 295 g/mol. The van der Waals surface area contributed by atoms with Crippen LogP contribution in [0.1, 0.15) is 54.4 Å². The molecule has 1 atom stereocenters. The van der Waals surface area contributed by atoms with Crippen LogP contribution in [0.4, 0.5) is 4.79 Å². The van der Waals surface area contributed by atoms with E-state index in [1.807, 2.05) is 0 Å². The van der Waals surface area contributed by atoms with Gasteiger partial charge in [0.1, 0.15) is 16.9 Å². The monoisotopic (exact) mass is 295 g/mol. The van der Waals surface area contributed by atoms with Crippen LogP contribution in [0.25, 0.3) is 0 Å². The molecule has 21 heavy (non-hydrogen) atoms. The number of terminal acetylenes is 1. The van der Waals surface area contributed by atoms with Gasteiger partial charge in [-0.2, -0.15) is 0 Å². The summed E-state index contributed by atoms with van der Waals surface area (Å²) in [5.74, 6) is 2.33. The van der Waals surface area contributed by atoms with E-state index in [4.69, 9.17) is 15.9 Å². The van der Waals surface area contributed by atoms with Crippen molar-refractivity contribution in [3.8, 4) is 12.3 Å². The van der Waals surface area contributed by atoms with E-state index >= 15 is 0 Å². The first-order valence-corrected chi connectivity index (χ1v) is 7.08. The van der Waals surface area contributed by atoms with E-state index in [0.29, 0.717) is 6.42 Å². The minimum Gasteiger partial charge on any atom is -0.444 e. The van der Waals surface area contributed by atoms with Gasteiger partial charge in [0.25, 0.3) is 0 Å². The minimum atomic E-state index is -1.05. The van der Waals surface area contributed by atoms with Crippen LogP contribution in [0.3, 0.4) is 0 Å². The third kappa shape index (κ3) is 3.76. The number of ether oxygens (including phenoxy) is 2. The highest BCUT2D eigenvalue weighted by Gasteiger charge is 2.56. The molecule has 0 aromatic heterocycles. The van der Waals surface area contributed by atoms with E-state index in [-0.39, 0.29) is 18.8 Å². The van der Waals surface area contributed by atoms with E-state index in [9.17, 15) is 9.59 Å². The molecule has 0 N–H and O–H groups in total. The summed E-state index contributed by atoms with van der Waals surface area (Å²) in [5.41, 5.74) is -2.59. The molecule has 1 rings (SSSR count). The lowest BCUT2D eigenvalue weighted by molar-refractivity contribution is -0.130. The first-order valence-electron chi connectivity index (χ1n) is 7.08. The van der Waals surface area contributed by atoms with Gasteiger partial charge < -0.3 is 9.47 Å². The SMILES string of the molecule is C#CCCC(=O)C1(C)COC(C)(C)N1C(=O)OC(C)(C)C. The van der Waals surface area contributed by atoms with Crippen LogP contribution < -0.4 is 0 Å². The van der Waals surface area contributed by atoms with Crippen LogP contribution in [-0.4, -0.2) is 40.2 Å². The molecule has 1 saturated heterocycles. The van der Waals surface area contributed by atoms with Gasteiger partial charge in [-0.05, 0) is 41.5 Å². The molecule has 5 heteroatoms. The first-order chi connectivity index (χ1) is 9.44. The maximum atomic E-state index is 12.5. The second kappa shape index (κ2) is 5.69. The summed E-state index contributed by atoms with van der Waals surface area (Å²) < 4.78 is 11.1. The van der Waals surface area contributed by atoms with Gasteiger partial charge in [-0.25, -0.2) is 4.79 Å². The molecule has 1 fully saturated rings. The van der Waals surface area contributed by atoms with Gasteiger partial charge in [-0.3, -0.25) is 9.69 Å². The zero-order valence-corrected chi connectivity index (χ0v) is 13.8. The van der Waals surface area contributed by atoms with Crippen LogP contribution in [0.5, 0.6) is 0 Å². The number of carbonyl (C=O) groups excluding carboxylic acids is 2. The van der Waals surface area contributed by atoms with Crippen molar-refractivity contribution in [1.82, 2.24) is 4.90 Å². The number of rotatable bonds is 3. The molecule has 1 unspecified atom stereocenters. The van der Waals surface area contributed by atoms with E-state index in [1.165, 1.54) is 4.90 Å². The second-order valence-electron chi connectivity index (χ2n) is 6.95. The highest BCUT2D eigenvalue weighted by molar-refractivity contribution is 5.92. The molecule has 118 valence electrons. The molecular weight excluding hydrogens is 270 g/mol. The van der Waals surface area contributed by atoms with E-state index in [1.54, 1.807) is 41.5 Å². The predicted molar refractivity (Wildman–Crippen MR) is 79.6 cm³/mol. The first kappa shape index (κ1) is 17.5. The van der Waals surface area contributed by atoms with Gasteiger partial charge in [0, 0.05) is 12.8 Å². The Morgan fingerprint density at radius 3 is 2.38 bits per heavy atom. The summed E-state index contributed by atoms with van der Waals surface area (Å²) in [4.78, 5) is 26.4. The maximum Gasteiger partial charge on any atom is 0.413 e. The van der Waals surface area contributed by atoms with Gasteiger partial charge in [0.05, 0.1) is 6.61 Å². The van der Waals surface area contributed by atoms with Gasteiger partial charge >= 0.3 is 6.09 Å². The fourth-order valence-electron chi connectivity index (χ4n) is 2.43. The Hall–Kier alpha value is -1.54. The molecule has 1 aliphatic rings. The van der Waals surface area contributed by atoms with Crippen molar-refractivity contribution >= 4 is 11.9 Å². The van der Waals surface area contributed by atoms with Crippen LogP contribution in [0.15, 0.2) is 0 Å². The highest BCUT2D eigenvalue weighted by atomic mass is 16.6. The van der Waals surface area contributed by atoms with Crippen LogP contribution in [-0.2, 0) is 14.3 Å². The third-order valence-corrected chi connectivity index (χ3v) is 3.41. The number of ketones is 1. The predicted octanol–water partition coefficient (Wildman–Crippen LogP) is 2.73. The van der Waals surface area contributed by atoms with Crippen molar-refractivity contribution in [3.63, 3.8) is 0 Å². The molecule has 0 saturated carbocycles. The second-order valence-corrected chi connectivity index (χ2v) is 6.95. The molecule has 0 aromatic carbocycles. The van der Waals surface area contributed by atoms with E-state index in [0.717, 1.165) is 0 Å². The molecule has 0 spiro atoms. The molecular formula is C16H25NO4. The normalized spacial score (nSPS) is 24.5. The zero-order valence-electron chi connectivity index (χ0n) is 13.8. The molecule has 0 radical (unpaired) electrons. The molecule has 1 aliphatic heterocycles. The summed E-state index contributed by atoms with van der Waals surface area (Å²) in [6.45, 7) is 10.7.